The Morgan fingerprint density at radius 2 is 0.641 bits per heavy atom. The topological polar surface area (TPSA) is 78.9 Å². The minimum atomic E-state index is -0.830. The van der Waals surface area contributed by atoms with Crippen molar-refractivity contribution in [3.63, 3.8) is 0 Å². The number of esters is 3. The van der Waals surface area contributed by atoms with E-state index in [0.29, 0.717) is 19.3 Å². The van der Waals surface area contributed by atoms with Crippen LogP contribution in [0.3, 0.4) is 0 Å². The van der Waals surface area contributed by atoms with Crippen LogP contribution in [0.25, 0.3) is 0 Å². The molecule has 0 aromatic rings. The summed E-state index contributed by atoms with van der Waals surface area (Å²) in [4.78, 5) is 37.9. The van der Waals surface area contributed by atoms with E-state index in [2.05, 4.69) is 69.4 Å². The van der Waals surface area contributed by atoms with Gasteiger partial charge in [-0.2, -0.15) is 0 Å². The Labute approximate surface area is 390 Å². The number of ether oxygens (including phenoxy) is 3. The first-order valence-corrected chi connectivity index (χ1v) is 24.6. The van der Waals surface area contributed by atoms with E-state index < -0.39 is 6.10 Å². The maximum Gasteiger partial charge on any atom is 0.306 e. The molecule has 0 saturated carbocycles. The smallest absolute Gasteiger partial charge is 0.306 e. The van der Waals surface area contributed by atoms with Crippen molar-refractivity contribution in [1.82, 2.24) is 0 Å². The minimum Gasteiger partial charge on any atom is -0.462 e. The summed E-state index contributed by atoms with van der Waals surface area (Å²) in [5, 5.41) is 0. The van der Waals surface area contributed by atoms with E-state index in [9.17, 15) is 14.4 Å². The molecule has 0 fully saturated rings. The standard InChI is InChI=1S/C58H86O6/c1-4-7-10-13-16-19-22-25-28-29-31-33-36-39-42-45-48-51-57(60)63-54-55(53-62-56(59)50-47-44-41-38-35-32-27-24-21-18-15-12-9-6-3)64-58(61)52-49-46-43-40-37-34-30-26-23-20-17-14-11-8-5-2/h7-14,16-23,25-26,28-31,33-34,36-37,55H,4-6,15,24,27,32,35,38-54H2,1-3H3/b10-7-,11-8-,12-9-,16-13-,17-14-,21-18-,22-19-,23-20-,28-25-,30-26-,31-29+,36-33-,37-34-. The van der Waals surface area contributed by atoms with Crippen LogP contribution in [0, 0.1) is 0 Å². The van der Waals surface area contributed by atoms with Crippen molar-refractivity contribution in [2.45, 2.75) is 175 Å². The third-order valence-corrected chi connectivity index (χ3v) is 9.55. The van der Waals surface area contributed by atoms with Crippen molar-refractivity contribution < 1.29 is 28.6 Å². The number of carbonyl (C=O) groups excluding carboxylic acids is 3. The Morgan fingerprint density at radius 3 is 1.06 bits per heavy atom. The first kappa shape index (κ1) is 59.0. The summed E-state index contributed by atoms with van der Waals surface area (Å²) in [6, 6.07) is 0. The van der Waals surface area contributed by atoms with E-state index >= 15 is 0 Å². The quantitative estimate of drug-likeness (QED) is 0.0200. The van der Waals surface area contributed by atoms with Crippen LogP contribution in [0.2, 0.25) is 0 Å². The zero-order chi connectivity index (χ0) is 46.5. The van der Waals surface area contributed by atoms with Crippen molar-refractivity contribution in [1.29, 1.82) is 0 Å². The summed E-state index contributed by atoms with van der Waals surface area (Å²) < 4.78 is 16.7. The normalized spacial score (nSPS) is 13.5. The second kappa shape index (κ2) is 50.7. The lowest BCUT2D eigenvalue weighted by Crippen LogP contribution is -2.30. The molecule has 0 amide bonds. The van der Waals surface area contributed by atoms with Crippen LogP contribution >= 0.6 is 0 Å². The predicted molar refractivity (Wildman–Crippen MR) is 274 cm³/mol. The predicted octanol–water partition coefficient (Wildman–Crippen LogP) is 16.2. The largest absolute Gasteiger partial charge is 0.462 e. The number of rotatable bonds is 41. The van der Waals surface area contributed by atoms with Crippen LogP contribution in [0.1, 0.15) is 168 Å². The maximum atomic E-state index is 12.8. The zero-order valence-corrected chi connectivity index (χ0v) is 40.2. The molecule has 0 aromatic heterocycles. The minimum absolute atomic E-state index is 0.123. The van der Waals surface area contributed by atoms with Crippen LogP contribution < -0.4 is 0 Å². The van der Waals surface area contributed by atoms with Crippen molar-refractivity contribution in [2.24, 2.45) is 0 Å². The lowest BCUT2D eigenvalue weighted by Gasteiger charge is -2.18. The molecule has 0 heterocycles. The molecule has 1 atom stereocenters. The molecular formula is C58H86O6. The average molecular weight is 879 g/mol. The van der Waals surface area contributed by atoms with Gasteiger partial charge < -0.3 is 14.2 Å². The monoisotopic (exact) mass is 879 g/mol. The van der Waals surface area contributed by atoms with Gasteiger partial charge in [0.05, 0.1) is 0 Å². The summed E-state index contributed by atoms with van der Waals surface area (Å²) in [6.45, 7) is 6.13. The molecule has 0 aliphatic carbocycles. The summed E-state index contributed by atoms with van der Waals surface area (Å²) in [7, 11) is 0. The SMILES string of the molecule is CC\C=C/C=C\C=C/C=C\C=C/CCCCCC(=O)OC(COC(=O)CCCCC\C=C/C=C/C=C\C=C/C=C\C=C/CC)COC(=O)CCCCCCCCC/C=C\C/C=C\CC. The number of hydrogen-bond donors (Lipinski definition) is 0. The lowest BCUT2D eigenvalue weighted by atomic mass is 10.1. The fourth-order valence-electron chi connectivity index (χ4n) is 5.94. The fourth-order valence-corrected chi connectivity index (χ4v) is 5.94. The molecule has 0 rings (SSSR count). The Hall–Kier alpha value is -4.97. The van der Waals surface area contributed by atoms with Crippen molar-refractivity contribution in [2.75, 3.05) is 13.2 Å². The van der Waals surface area contributed by atoms with E-state index in [1.165, 1.54) is 25.7 Å². The first-order valence-electron chi connectivity index (χ1n) is 24.6. The van der Waals surface area contributed by atoms with Gasteiger partial charge in [0.2, 0.25) is 0 Å². The van der Waals surface area contributed by atoms with Gasteiger partial charge in [0.1, 0.15) is 13.2 Å². The highest BCUT2D eigenvalue weighted by molar-refractivity contribution is 5.71. The molecule has 0 aromatic carbocycles. The highest BCUT2D eigenvalue weighted by Crippen LogP contribution is 2.12. The van der Waals surface area contributed by atoms with Crippen LogP contribution in [-0.2, 0) is 28.6 Å². The van der Waals surface area contributed by atoms with Gasteiger partial charge in [-0.25, -0.2) is 0 Å². The van der Waals surface area contributed by atoms with Gasteiger partial charge in [-0.3, -0.25) is 14.4 Å². The van der Waals surface area contributed by atoms with Gasteiger partial charge in [0, 0.05) is 19.3 Å². The molecule has 0 aliphatic heterocycles. The molecule has 354 valence electrons. The molecule has 0 radical (unpaired) electrons. The molecule has 6 nitrogen and oxygen atoms in total. The van der Waals surface area contributed by atoms with Gasteiger partial charge in [0.15, 0.2) is 6.10 Å². The third kappa shape index (κ3) is 48.1. The van der Waals surface area contributed by atoms with Gasteiger partial charge in [-0.05, 0) is 83.5 Å². The van der Waals surface area contributed by atoms with Crippen LogP contribution in [-0.4, -0.2) is 37.2 Å². The number of allylic oxidation sites excluding steroid dienone is 26. The molecule has 0 N–H and O–H groups in total. The van der Waals surface area contributed by atoms with E-state index in [-0.39, 0.29) is 44.0 Å². The average Bonchev–Trinajstić information content (AvgIpc) is 3.29. The molecule has 6 heteroatoms. The Kier molecular flexibility index (Phi) is 46.7. The maximum absolute atomic E-state index is 12.8. The van der Waals surface area contributed by atoms with Crippen molar-refractivity contribution >= 4 is 17.9 Å². The van der Waals surface area contributed by atoms with Crippen LogP contribution in [0.5, 0.6) is 0 Å². The van der Waals surface area contributed by atoms with Crippen LogP contribution in [0.15, 0.2) is 158 Å². The molecule has 64 heavy (non-hydrogen) atoms. The highest BCUT2D eigenvalue weighted by atomic mass is 16.6. The first-order chi connectivity index (χ1) is 31.5. The van der Waals surface area contributed by atoms with Gasteiger partial charge in [-0.1, -0.05) is 224 Å². The van der Waals surface area contributed by atoms with Crippen molar-refractivity contribution in [3.05, 3.63) is 158 Å². The molecule has 0 aliphatic rings. The van der Waals surface area contributed by atoms with Gasteiger partial charge >= 0.3 is 17.9 Å². The van der Waals surface area contributed by atoms with E-state index in [1.54, 1.807) is 0 Å². The Balaban J connectivity index is 4.62. The van der Waals surface area contributed by atoms with Gasteiger partial charge in [0.25, 0.3) is 0 Å². The Bertz CT molecular complexity index is 1520. The molecule has 0 saturated heterocycles. The summed E-state index contributed by atoms with van der Waals surface area (Å²) >= 11 is 0. The molecular weight excluding hydrogens is 793 g/mol. The molecule has 1 unspecified atom stereocenters. The second-order valence-electron chi connectivity index (χ2n) is 15.5. The van der Waals surface area contributed by atoms with E-state index in [1.807, 2.05) is 109 Å². The van der Waals surface area contributed by atoms with E-state index in [0.717, 1.165) is 89.9 Å². The summed E-state index contributed by atoms with van der Waals surface area (Å²) in [6.07, 6.45) is 73.6. The Morgan fingerprint density at radius 1 is 0.328 bits per heavy atom. The zero-order valence-electron chi connectivity index (χ0n) is 40.2. The molecule has 0 bridgehead atoms. The number of unbranched alkanes of at least 4 members (excludes halogenated alkanes) is 13. The third-order valence-electron chi connectivity index (χ3n) is 9.55. The second-order valence-corrected chi connectivity index (χ2v) is 15.5. The summed E-state index contributed by atoms with van der Waals surface area (Å²) in [5.41, 5.74) is 0. The fraction of sp³-hybridized carbons (Fsp3) is 0.500. The van der Waals surface area contributed by atoms with Crippen LogP contribution in [0.4, 0.5) is 0 Å². The van der Waals surface area contributed by atoms with E-state index in [4.69, 9.17) is 14.2 Å². The number of carbonyl (C=O) groups is 3. The highest BCUT2D eigenvalue weighted by Gasteiger charge is 2.19. The lowest BCUT2D eigenvalue weighted by molar-refractivity contribution is -0.167. The summed E-state index contributed by atoms with van der Waals surface area (Å²) in [5.74, 6) is -1.03. The van der Waals surface area contributed by atoms with Crippen molar-refractivity contribution in [3.8, 4) is 0 Å². The number of hydrogen-bond acceptors (Lipinski definition) is 6. The molecule has 0 spiro atoms. The van der Waals surface area contributed by atoms with Gasteiger partial charge in [-0.15, -0.1) is 0 Å².